The highest BCUT2D eigenvalue weighted by Crippen LogP contribution is 2.30. The fraction of sp³-hybridized carbons (Fsp3) is 0.900. The van der Waals surface area contributed by atoms with Gasteiger partial charge in [0.1, 0.15) is 6.10 Å². The number of aliphatic hydroxyl groups is 1. The van der Waals surface area contributed by atoms with Crippen molar-refractivity contribution in [2.45, 2.75) is 46.2 Å². The monoisotopic (exact) mass is 356 g/mol. The average molecular weight is 356 g/mol. The van der Waals surface area contributed by atoms with Crippen LogP contribution in [0.3, 0.4) is 0 Å². The van der Waals surface area contributed by atoms with Crippen LogP contribution in [0.1, 0.15) is 27.7 Å². The Labute approximate surface area is 114 Å². The summed E-state index contributed by atoms with van der Waals surface area (Å²) in [5.74, 6) is 0.960. The summed E-state index contributed by atoms with van der Waals surface area (Å²) in [4.78, 5) is 0. The van der Waals surface area contributed by atoms with Crippen LogP contribution < -0.4 is 0 Å². The van der Waals surface area contributed by atoms with Gasteiger partial charge in [0.25, 0.3) is 0 Å². The molecule has 0 saturated carbocycles. The second-order valence-electron chi connectivity index (χ2n) is 4.23. The topological polar surface area (TPSA) is 50.0 Å². The van der Waals surface area contributed by atoms with Crippen LogP contribution in [0.2, 0.25) is 0 Å². The van der Waals surface area contributed by atoms with Gasteiger partial charge >= 0.3 is 24.5 Å². The normalized spacial score (nSPS) is 40.6. The average Bonchev–Trinajstić information content (AvgIpc) is 2.23. The molecule has 6 heteroatoms. The maximum Gasteiger partial charge on any atom is 0.870 e. The van der Waals surface area contributed by atoms with Gasteiger partial charge in [0, 0.05) is 0 Å². The molecule has 0 aliphatic carbocycles. The molecule has 16 heavy (non-hydrogen) atoms. The summed E-state index contributed by atoms with van der Waals surface area (Å²) in [6.45, 7) is 7.85. The molecule has 1 fully saturated rings. The van der Waals surface area contributed by atoms with E-state index in [1.165, 1.54) is 0 Å². The summed E-state index contributed by atoms with van der Waals surface area (Å²) < 4.78 is 16.4. The van der Waals surface area contributed by atoms with Crippen LogP contribution in [0.15, 0.2) is 0 Å². The van der Waals surface area contributed by atoms with Crippen molar-refractivity contribution in [1.82, 2.24) is 0 Å². The summed E-state index contributed by atoms with van der Waals surface area (Å²) in [6, 6.07) is 0. The molecule has 4 nitrogen and oxygen atoms in total. The van der Waals surface area contributed by atoms with Crippen LogP contribution >= 0.6 is 20.3 Å². The summed E-state index contributed by atoms with van der Waals surface area (Å²) in [5.41, 5.74) is 0. The second-order valence-corrected chi connectivity index (χ2v) is 6.17. The number of aliphatic hydroxyl groups excluding tert-OH is 1. The van der Waals surface area contributed by atoms with Crippen LogP contribution in [0.4, 0.5) is 0 Å². The van der Waals surface area contributed by atoms with E-state index in [1.54, 1.807) is 6.92 Å². The Kier molecular flexibility index (Phi) is 6.02. The highest BCUT2D eigenvalue weighted by molar-refractivity contribution is 14.1. The Morgan fingerprint density at radius 2 is 2.00 bits per heavy atom. The molecule has 0 amide bonds. The van der Waals surface area contributed by atoms with Gasteiger partial charge in [-0.25, -0.2) is 0 Å². The Morgan fingerprint density at radius 1 is 1.38 bits per heavy atom. The van der Waals surface area contributed by atoms with Crippen molar-refractivity contribution in [3.05, 3.63) is 0 Å². The molecule has 1 saturated heterocycles. The predicted molar refractivity (Wildman–Crippen MR) is 70.2 cm³/mol. The Morgan fingerprint density at radius 3 is 2.56 bits per heavy atom. The van der Waals surface area contributed by atoms with Gasteiger partial charge < -0.3 is 13.6 Å². The molecular weight excluding hydrogens is 338 g/mol. The van der Waals surface area contributed by atoms with E-state index < -0.39 is 12.4 Å². The highest BCUT2D eigenvalue weighted by atomic mass is 127. The molecule has 91 valence electrons. The van der Waals surface area contributed by atoms with Gasteiger partial charge in [-0.1, -0.05) is 13.8 Å². The van der Waals surface area contributed by atoms with Gasteiger partial charge in [-0.3, -0.25) is 4.42 Å². The molecule has 0 bridgehead atoms. The van der Waals surface area contributed by atoms with E-state index >= 15 is 0 Å². The molecule has 1 rings (SSSR count). The van der Waals surface area contributed by atoms with Gasteiger partial charge in [-0.2, -0.15) is 0 Å². The molecule has 1 N–H and O–H groups in total. The Balaban J connectivity index is 2.70. The Hall–Kier alpha value is 0.652. The summed E-state index contributed by atoms with van der Waals surface area (Å²) >= 11 is 2.04. The van der Waals surface area contributed by atoms with Crippen LogP contribution in [0, 0.1) is 11.8 Å². The quantitative estimate of drug-likeness (QED) is 0.463. The molecule has 1 aliphatic heterocycles. The number of carbonyl (C=O) groups excluding carboxylic acids is 1. The highest BCUT2D eigenvalue weighted by Gasteiger charge is 2.42. The van der Waals surface area contributed by atoms with Crippen LogP contribution in [-0.2, 0) is 13.0 Å². The van der Waals surface area contributed by atoms with Crippen molar-refractivity contribution in [3.63, 3.8) is 0 Å². The number of hydrogen-bond acceptors (Lipinski definition) is 3. The molecule has 1 aliphatic rings. The first-order chi connectivity index (χ1) is 7.47. The number of hydrogen-bond donors (Lipinski definition) is 1. The zero-order chi connectivity index (χ0) is 12.3. The van der Waals surface area contributed by atoms with Gasteiger partial charge in [-0.05, 0) is 18.8 Å². The zero-order valence-electron chi connectivity index (χ0n) is 10.0. The fourth-order valence-corrected chi connectivity index (χ4v) is 3.01. The van der Waals surface area contributed by atoms with Crippen molar-refractivity contribution in [1.29, 1.82) is 0 Å². The molecule has 0 spiro atoms. The molecule has 0 aromatic carbocycles. The first-order valence-corrected chi connectivity index (χ1v) is 10.0. The molecule has 1 radical (unpaired) electrons. The van der Waals surface area contributed by atoms with E-state index in [2.05, 4.69) is 27.2 Å². The van der Waals surface area contributed by atoms with E-state index in [4.69, 9.17) is 13.0 Å². The minimum atomic E-state index is -0.608. The van der Waals surface area contributed by atoms with Gasteiger partial charge in [0.15, 0.2) is 0 Å². The first kappa shape index (κ1) is 14.7. The Bertz CT molecular complexity index is 261. The summed E-state index contributed by atoms with van der Waals surface area (Å²) in [5, 5.41) is 10.0. The maximum absolute atomic E-state index is 10.0. The lowest BCUT2D eigenvalue weighted by atomic mass is 9.84. The van der Waals surface area contributed by atoms with E-state index in [-0.39, 0.29) is 24.3 Å². The third-order valence-corrected chi connectivity index (χ3v) is 4.41. The largest absolute Gasteiger partial charge is 0.870 e. The molecule has 1 heterocycles. The van der Waals surface area contributed by atoms with Crippen LogP contribution in [0.25, 0.3) is 0 Å². The van der Waals surface area contributed by atoms with Crippen molar-refractivity contribution >= 4 is 38.5 Å². The van der Waals surface area contributed by atoms with E-state index in [9.17, 15) is 5.11 Å². The molecule has 2 unspecified atom stereocenters. The lowest BCUT2D eigenvalue weighted by Crippen LogP contribution is -2.49. The van der Waals surface area contributed by atoms with Crippen molar-refractivity contribution in [3.8, 4) is 0 Å². The van der Waals surface area contributed by atoms with Gasteiger partial charge in [0.2, 0.25) is 0 Å². The first-order valence-electron chi connectivity index (χ1n) is 5.39. The predicted octanol–water partition coefficient (Wildman–Crippen LogP) is 1.43. The molecule has 0 aromatic heterocycles. The molecule has 0 aromatic rings. The lowest BCUT2D eigenvalue weighted by Gasteiger charge is -2.36. The van der Waals surface area contributed by atoms with Crippen molar-refractivity contribution in [2.75, 3.05) is 0 Å². The van der Waals surface area contributed by atoms with Gasteiger partial charge in [0.05, 0.1) is 13.0 Å². The number of ether oxygens (including phenoxy) is 1. The minimum Gasteiger partial charge on any atom is -0.539 e. The van der Waals surface area contributed by atoms with E-state index in [1.807, 2.05) is 13.8 Å². The van der Waals surface area contributed by atoms with E-state index in [0.29, 0.717) is 11.9 Å². The standard InChI is InChI=1S/C10H18O4.Al.HI/c1-5-6(2)9(12)10(13-7(5)3)14-8(4)11;;/h5-7,9-10,12H,1-4H3;;1H/q;+2;/p-1/t5-,6+,7?,9?,10-;;/m1../s1. The summed E-state index contributed by atoms with van der Waals surface area (Å²) in [6.07, 6.45) is -1.12. The maximum atomic E-state index is 10.0. The van der Waals surface area contributed by atoms with Crippen LogP contribution in [0.5, 0.6) is 0 Å². The van der Waals surface area contributed by atoms with Crippen molar-refractivity contribution in [2.24, 2.45) is 11.8 Å². The molecule has 5 atom stereocenters. The minimum absolute atomic E-state index is 0.0862. The van der Waals surface area contributed by atoms with Gasteiger partial charge in [-0.15, -0.1) is 20.3 Å². The molecular formula is C10H18AlIO4+. The smallest absolute Gasteiger partial charge is 0.539 e. The fourth-order valence-electron chi connectivity index (χ4n) is 1.75. The zero-order valence-corrected chi connectivity index (χ0v) is 13.3. The van der Waals surface area contributed by atoms with E-state index in [0.717, 1.165) is 0 Å². The van der Waals surface area contributed by atoms with Crippen LogP contribution in [-0.4, -0.2) is 41.8 Å². The second kappa shape index (κ2) is 6.55. The third-order valence-electron chi connectivity index (χ3n) is 3.23. The third kappa shape index (κ3) is 3.57. The number of rotatable bonds is 2. The lowest BCUT2D eigenvalue weighted by molar-refractivity contribution is -0.595. The summed E-state index contributed by atoms with van der Waals surface area (Å²) in [7, 11) is 0. The van der Waals surface area contributed by atoms with Crippen molar-refractivity contribution < 1.29 is 18.1 Å². The SMILES string of the molecule is CC([O][Al][I])=[O+][C@H]1OC(C)[C@H](C)[C@H](C)C1O. The number of halogens is 1.